The highest BCUT2D eigenvalue weighted by molar-refractivity contribution is 6.31. The summed E-state index contributed by atoms with van der Waals surface area (Å²) in [6.07, 6.45) is -0.00586. The SMILES string of the molecule is Cc1ccc(CN(C)C(=O)C[C@H]2C(=O)NCCN2Cc2c(F)cccc2Cl)o1. The van der Waals surface area contributed by atoms with Gasteiger partial charge in [-0.15, -0.1) is 0 Å². The molecule has 1 aliphatic rings. The fourth-order valence-electron chi connectivity index (χ4n) is 3.27. The van der Waals surface area contributed by atoms with Gasteiger partial charge < -0.3 is 14.6 Å². The summed E-state index contributed by atoms with van der Waals surface area (Å²) in [4.78, 5) is 28.4. The number of piperazine rings is 1. The summed E-state index contributed by atoms with van der Waals surface area (Å²) in [5, 5.41) is 3.08. The summed E-state index contributed by atoms with van der Waals surface area (Å²) in [5.41, 5.74) is 0.329. The number of carbonyl (C=O) groups excluding carboxylic acids is 2. The van der Waals surface area contributed by atoms with Crippen molar-refractivity contribution in [1.82, 2.24) is 15.1 Å². The summed E-state index contributed by atoms with van der Waals surface area (Å²) in [7, 11) is 1.67. The standard InChI is InChI=1S/C20H23ClFN3O3/c1-13-6-7-14(28-13)11-24(2)19(26)10-18-20(27)23-8-9-25(18)12-15-16(21)4-3-5-17(15)22/h3-7,18H,8-12H2,1-2H3,(H,23,27)/t18-/m0/s1. The Morgan fingerprint density at radius 2 is 2.18 bits per heavy atom. The molecule has 1 aromatic heterocycles. The van der Waals surface area contributed by atoms with E-state index in [1.165, 1.54) is 17.0 Å². The van der Waals surface area contributed by atoms with Crippen LogP contribution in [0, 0.1) is 12.7 Å². The number of rotatable bonds is 6. The maximum absolute atomic E-state index is 14.2. The van der Waals surface area contributed by atoms with Gasteiger partial charge in [-0.2, -0.15) is 0 Å². The van der Waals surface area contributed by atoms with E-state index in [1.807, 2.05) is 19.1 Å². The lowest BCUT2D eigenvalue weighted by Gasteiger charge is -2.35. The second-order valence-corrected chi connectivity index (χ2v) is 7.35. The molecule has 3 rings (SSSR count). The first kappa shape index (κ1) is 20.4. The molecule has 0 bridgehead atoms. The first-order chi connectivity index (χ1) is 13.3. The van der Waals surface area contributed by atoms with Crippen LogP contribution in [-0.4, -0.2) is 47.8 Å². The Morgan fingerprint density at radius 3 is 2.86 bits per heavy atom. The van der Waals surface area contributed by atoms with Gasteiger partial charge in [-0.1, -0.05) is 17.7 Å². The third-order valence-electron chi connectivity index (χ3n) is 4.85. The molecule has 150 valence electrons. The van der Waals surface area contributed by atoms with Gasteiger partial charge in [-0.05, 0) is 31.2 Å². The molecule has 0 saturated carbocycles. The second-order valence-electron chi connectivity index (χ2n) is 6.94. The van der Waals surface area contributed by atoms with Gasteiger partial charge >= 0.3 is 0 Å². The lowest BCUT2D eigenvalue weighted by Crippen LogP contribution is -2.56. The average Bonchev–Trinajstić information content (AvgIpc) is 3.05. The normalized spacial score (nSPS) is 17.4. The zero-order valence-electron chi connectivity index (χ0n) is 15.9. The molecule has 0 spiro atoms. The molecule has 1 fully saturated rings. The van der Waals surface area contributed by atoms with E-state index in [1.54, 1.807) is 18.0 Å². The number of aryl methyl sites for hydroxylation is 1. The van der Waals surface area contributed by atoms with Crippen molar-refractivity contribution in [3.63, 3.8) is 0 Å². The molecule has 1 aromatic carbocycles. The Bertz CT molecular complexity index is 850. The molecule has 0 aliphatic carbocycles. The summed E-state index contributed by atoms with van der Waals surface area (Å²) in [5.74, 6) is 0.593. The number of nitrogens with zero attached hydrogens (tertiary/aromatic N) is 2. The molecule has 28 heavy (non-hydrogen) atoms. The minimum absolute atomic E-state index is 0.00586. The Kier molecular flexibility index (Phi) is 6.36. The number of furan rings is 1. The van der Waals surface area contributed by atoms with E-state index in [0.29, 0.717) is 36.0 Å². The summed E-state index contributed by atoms with van der Waals surface area (Å²) in [6.45, 7) is 3.27. The summed E-state index contributed by atoms with van der Waals surface area (Å²) in [6, 6.07) is 7.46. The van der Waals surface area contributed by atoms with Crippen molar-refractivity contribution in [1.29, 1.82) is 0 Å². The smallest absolute Gasteiger partial charge is 0.237 e. The highest BCUT2D eigenvalue weighted by Crippen LogP contribution is 2.23. The van der Waals surface area contributed by atoms with Crippen molar-refractivity contribution in [2.75, 3.05) is 20.1 Å². The lowest BCUT2D eigenvalue weighted by molar-refractivity contribution is -0.138. The Balaban J connectivity index is 1.70. The number of benzene rings is 1. The molecule has 2 heterocycles. The third-order valence-corrected chi connectivity index (χ3v) is 5.20. The van der Waals surface area contributed by atoms with Crippen molar-refractivity contribution in [2.45, 2.75) is 32.5 Å². The fraction of sp³-hybridized carbons (Fsp3) is 0.400. The fourth-order valence-corrected chi connectivity index (χ4v) is 3.50. The predicted molar refractivity (Wildman–Crippen MR) is 103 cm³/mol. The molecule has 1 atom stereocenters. The van der Waals surface area contributed by atoms with Crippen LogP contribution in [-0.2, 0) is 22.7 Å². The molecule has 2 aromatic rings. The van der Waals surface area contributed by atoms with Crippen molar-refractivity contribution >= 4 is 23.4 Å². The maximum atomic E-state index is 14.2. The van der Waals surface area contributed by atoms with Crippen molar-refractivity contribution in [3.05, 3.63) is 58.3 Å². The Hall–Kier alpha value is -2.38. The Labute approximate surface area is 168 Å². The van der Waals surface area contributed by atoms with Crippen molar-refractivity contribution in [3.8, 4) is 0 Å². The van der Waals surface area contributed by atoms with Crippen LogP contribution in [0.5, 0.6) is 0 Å². The van der Waals surface area contributed by atoms with Crippen LogP contribution in [0.3, 0.4) is 0 Å². The number of hydrogen-bond acceptors (Lipinski definition) is 4. The molecular weight excluding hydrogens is 385 g/mol. The molecule has 0 unspecified atom stereocenters. The van der Waals surface area contributed by atoms with E-state index in [0.717, 1.165) is 5.76 Å². The van der Waals surface area contributed by atoms with E-state index in [-0.39, 0.29) is 24.8 Å². The molecule has 0 radical (unpaired) electrons. The van der Waals surface area contributed by atoms with Gasteiger partial charge in [0, 0.05) is 37.3 Å². The number of hydrogen-bond donors (Lipinski definition) is 1. The van der Waals surface area contributed by atoms with Crippen LogP contribution in [0.15, 0.2) is 34.7 Å². The van der Waals surface area contributed by atoms with Gasteiger partial charge in [-0.3, -0.25) is 14.5 Å². The van der Waals surface area contributed by atoms with Gasteiger partial charge in [0.1, 0.15) is 17.3 Å². The van der Waals surface area contributed by atoms with Crippen LogP contribution in [0.25, 0.3) is 0 Å². The van der Waals surface area contributed by atoms with Gasteiger partial charge in [0.05, 0.1) is 19.0 Å². The molecule has 1 aliphatic heterocycles. The van der Waals surface area contributed by atoms with E-state index >= 15 is 0 Å². The highest BCUT2D eigenvalue weighted by Gasteiger charge is 2.33. The van der Waals surface area contributed by atoms with Gasteiger partial charge in [-0.25, -0.2) is 4.39 Å². The van der Waals surface area contributed by atoms with Gasteiger partial charge in [0.2, 0.25) is 11.8 Å². The van der Waals surface area contributed by atoms with Crippen molar-refractivity contribution < 1.29 is 18.4 Å². The van der Waals surface area contributed by atoms with Crippen molar-refractivity contribution in [2.24, 2.45) is 0 Å². The number of carbonyl (C=O) groups is 2. The van der Waals surface area contributed by atoms with E-state index in [9.17, 15) is 14.0 Å². The number of nitrogens with one attached hydrogen (secondary N) is 1. The predicted octanol–water partition coefficient (Wildman–Crippen LogP) is 2.73. The molecule has 6 nitrogen and oxygen atoms in total. The number of amides is 2. The monoisotopic (exact) mass is 407 g/mol. The molecule has 1 saturated heterocycles. The van der Waals surface area contributed by atoms with E-state index < -0.39 is 11.9 Å². The van der Waals surface area contributed by atoms with Gasteiger partial charge in [0.25, 0.3) is 0 Å². The van der Waals surface area contributed by atoms with Crippen LogP contribution in [0.2, 0.25) is 5.02 Å². The van der Waals surface area contributed by atoms with Crippen LogP contribution >= 0.6 is 11.6 Å². The largest absolute Gasteiger partial charge is 0.464 e. The van der Waals surface area contributed by atoms with Gasteiger partial charge in [0.15, 0.2) is 0 Å². The first-order valence-corrected chi connectivity index (χ1v) is 9.47. The zero-order valence-corrected chi connectivity index (χ0v) is 16.6. The quantitative estimate of drug-likeness (QED) is 0.799. The van der Waals surface area contributed by atoms with E-state index in [4.69, 9.17) is 16.0 Å². The summed E-state index contributed by atoms with van der Waals surface area (Å²) < 4.78 is 19.7. The maximum Gasteiger partial charge on any atom is 0.237 e. The lowest BCUT2D eigenvalue weighted by atomic mass is 10.1. The molecule has 1 N–H and O–H groups in total. The van der Waals surface area contributed by atoms with Crippen LogP contribution in [0.4, 0.5) is 4.39 Å². The molecule has 8 heteroatoms. The zero-order chi connectivity index (χ0) is 20.3. The molecule has 2 amide bonds. The minimum Gasteiger partial charge on any atom is -0.464 e. The Morgan fingerprint density at radius 1 is 1.39 bits per heavy atom. The molecular formula is C20H23ClFN3O3. The van der Waals surface area contributed by atoms with Crippen LogP contribution < -0.4 is 5.32 Å². The van der Waals surface area contributed by atoms with Crippen LogP contribution in [0.1, 0.15) is 23.5 Å². The first-order valence-electron chi connectivity index (χ1n) is 9.09. The topological polar surface area (TPSA) is 65.8 Å². The number of halogens is 2. The summed E-state index contributed by atoms with van der Waals surface area (Å²) >= 11 is 6.13. The van der Waals surface area contributed by atoms with E-state index in [2.05, 4.69) is 5.32 Å². The highest BCUT2D eigenvalue weighted by atomic mass is 35.5. The average molecular weight is 408 g/mol. The third kappa shape index (κ3) is 4.72. The minimum atomic E-state index is -0.683. The second kappa shape index (κ2) is 8.75.